The van der Waals surface area contributed by atoms with Gasteiger partial charge < -0.3 is 4.42 Å². The Morgan fingerprint density at radius 2 is 2.33 bits per heavy atom. The summed E-state index contributed by atoms with van der Waals surface area (Å²) < 4.78 is 7.49. The smallest absolute Gasteiger partial charge is 0.272 e. The Labute approximate surface area is 128 Å². The van der Waals surface area contributed by atoms with Crippen LogP contribution >= 0.6 is 23.1 Å². The predicted octanol–water partition coefficient (Wildman–Crippen LogP) is 2.78. The van der Waals surface area contributed by atoms with Crippen LogP contribution in [-0.2, 0) is 11.3 Å². The van der Waals surface area contributed by atoms with Gasteiger partial charge in [-0.25, -0.2) is 4.98 Å². The molecule has 0 aromatic carbocycles. The second-order valence-electron chi connectivity index (χ2n) is 4.49. The van der Waals surface area contributed by atoms with Gasteiger partial charge in [0.25, 0.3) is 5.56 Å². The highest BCUT2D eigenvalue weighted by atomic mass is 32.2. The molecule has 0 bridgehead atoms. The van der Waals surface area contributed by atoms with Gasteiger partial charge >= 0.3 is 0 Å². The number of hydrogen-bond donors (Lipinski definition) is 0. The van der Waals surface area contributed by atoms with Gasteiger partial charge in [0.1, 0.15) is 16.2 Å². The number of carbonyl (C=O) groups is 1. The zero-order chi connectivity index (χ0) is 14.8. The highest BCUT2D eigenvalue weighted by molar-refractivity contribution is 7.99. The van der Waals surface area contributed by atoms with Gasteiger partial charge in [0.15, 0.2) is 5.16 Å². The van der Waals surface area contributed by atoms with E-state index in [4.69, 9.17) is 4.42 Å². The van der Waals surface area contributed by atoms with Gasteiger partial charge in [-0.1, -0.05) is 11.8 Å². The summed E-state index contributed by atoms with van der Waals surface area (Å²) >= 11 is 2.65. The first kappa shape index (κ1) is 14.1. The molecule has 5 nitrogen and oxygen atoms in total. The molecule has 3 aromatic heterocycles. The van der Waals surface area contributed by atoms with E-state index >= 15 is 0 Å². The van der Waals surface area contributed by atoms with Crippen molar-refractivity contribution in [1.82, 2.24) is 9.55 Å². The van der Waals surface area contributed by atoms with Crippen molar-refractivity contribution >= 4 is 39.1 Å². The van der Waals surface area contributed by atoms with E-state index in [-0.39, 0.29) is 11.3 Å². The van der Waals surface area contributed by atoms with E-state index in [9.17, 15) is 9.59 Å². The maximum Gasteiger partial charge on any atom is 0.272 e. The highest BCUT2D eigenvalue weighted by Gasteiger charge is 2.14. The zero-order valence-electron chi connectivity index (χ0n) is 11.2. The normalized spacial score (nSPS) is 11.1. The fraction of sp³-hybridized carbons (Fsp3) is 0.214. The van der Waals surface area contributed by atoms with Gasteiger partial charge in [-0.2, -0.15) is 0 Å². The van der Waals surface area contributed by atoms with Crippen molar-refractivity contribution in [3.63, 3.8) is 0 Å². The maximum atomic E-state index is 12.6. The molecule has 108 valence electrons. The molecular weight excluding hydrogens is 308 g/mol. The zero-order valence-corrected chi connectivity index (χ0v) is 12.9. The number of thioether (sulfide) groups is 1. The number of nitrogens with zero attached hydrogens (tertiary/aromatic N) is 2. The van der Waals surface area contributed by atoms with Crippen molar-refractivity contribution in [1.29, 1.82) is 0 Å². The Bertz CT molecular complexity index is 834. The van der Waals surface area contributed by atoms with E-state index in [0.717, 1.165) is 0 Å². The molecule has 3 aromatic rings. The SMILES string of the molecule is CC(=O)CSc1nc2ccsc2c(=O)n1Cc1ccco1. The maximum absolute atomic E-state index is 12.6. The number of ketones is 1. The molecule has 0 saturated carbocycles. The molecule has 0 N–H and O–H groups in total. The number of carbonyl (C=O) groups excluding carboxylic acids is 1. The molecule has 0 atom stereocenters. The minimum Gasteiger partial charge on any atom is -0.467 e. The summed E-state index contributed by atoms with van der Waals surface area (Å²) in [5.74, 6) is 1.02. The van der Waals surface area contributed by atoms with Gasteiger partial charge in [0.05, 0.1) is 24.1 Å². The van der Waals surface area contributed by atoms with Crippen LogP contribution in [0.5, 0.6) is 0 Å². The van der Waals surface area contributed by atoms with E-state index in [1.54, 1.807) is 16.9 Å². The van der Waals surface area contributed by atoms with Crippen LogP contribution in [0, 0.1) is 0 Å². The Kier molecular flexibility index (Phi) is 3.94. The van der Waals surface area contributed by atoms with Crippen LogP contribution < -0.4 is 5.56 Å². The monoisotopic (exact) mass is 320 g/mol. The van der Waals surface area contributed by atoms with Crippen LogP contribution in [0.3, 0.4) is 0 Å². The van der Waals surface area contributed by atoms with Crippen molar-refractivity contribution in [3.05, 3.63) is 46.0 Å². The van der Waals surface area contributed by atoms with Crippen LogP contribution in [0.25, 0.3) is 10.2 Å². The Hall–Kier alpha value is -1.86. The second-order valence-corrected chi connectivity index (χ2v) is 6.35. The van der Waals surface area contributed by atoms with Crippen LogP contribution in [-0.4, -0.2) is 21.1 Å². The summed E-state index contributed by atoms with van der Waals surface area (Å²) in [6.07, 6.45) is 1.57. The molecule has 0 aliphatic carbocycles. The molecule has 21 heavy (non-hydrogen) atoms. The molecule has 0 aliphatic rings. The van der Waals surface area contributed by atoms with Crippen molar-refractivity contribution < 1.29 is 9.21 Å². The third-order valence-electron chi connectivity index (χ3n) is 2.83. The number of thiophene rings is 1. The lowest BCUT2D eigenvalue weighted by atomic mass is 10.4. The molecule has 0 aliphatic heterocycles. The van der Waals surface area contributed by atoms with Crippen molar-refractivity contribution in [2.45, 2.75) is 18.6 Å². The molecule has 3 rings (SSSR count). The summed E-state index contributed by atoms with van der Waals surface area (Å²) in [5.41, 5.74) is 0.573. The first-order chi connectivity index (χ1) is 10.1. The van der Waals surface area contributed by atoms with Crippen molar-refractivity contribution in [3.8, 4) is 0 Å². The van der Waals surface area contributed by atoms with E-state index in [0.29, 0.717) is 33.4 Å². The minimum atomic E-state index is -0.0996. The fourth-order valence-corrected chi connectivity index (χ4v) is 3.47. The molecule has 0 fully saturated rings. The Morgan fingerprint density at radius 3 is 3.05 bits per heavy atom. The number of hydrogen-bond acceptors (Lipinski definition) is 6. The molecule has 7 heteroatoms. The van der Waals surface area contributed by atoms with Crippen LogP contribution in [0.1, 0.15) is 12.7 Å². The van der Waals surface area contributed by atoms with E-state index in [2.05, 4.69) is 4.98 Å². The predicted molar refractivity (Wildman–Crippen MR) is 83.1 cm³/mol. The summed E-state index contributed by atoms with van der Waals surface area (Å²) in [4.78, 5) is 28.3. The summed E-state index contributed by atoms with van der Waals surface area (Å²) in [6.45, 7) is 1.83. The number of furan rings is 1. The average Bonchev–Trinajstić information content (AvgIpc) is 3.11. The molecule has 0 saturated heterocycles. The quantitative estimate of drug-likeness (QED) is 0.534. The van der Waals surface area contributed by atoms with Crippen LogP contribution in [0.2, 0.25) is 0 Å². The third kappa shape index (κ3) is 2.93. The van der Waals surface area contributed by atoms with Gasteiger partial charge in [-0.15, -0.1) is 11.3 Å². The van der Waals surface area contributed by atoms with E-state index < -0.39 is 0 Å². The van der Waals surface area contributed by atoms with Gasteiger partial charge in [-0.05, 0) is 30.5 Å². The number of Topliss-reactive ketones (excluding diaryl/α,β-unsaturated/α-hetero) is 1. The van der Waals surface area contributed by atoms with Crippen LogP contribution in [0.4, 0.5) is 0 Å². The fourth-order valence-electron chi connectivity index (χ4n) is 1.90. The van der Waals surface area contributed by atoms with Gasteiger partial charge in [-0.3, -0.25) is 14.2 Å². The lowest BCUT2D eigenvalue weighted by molar-refractivity contribution is -0.114. The summed E-state index contributed by atoms with van der Waals surface area (Å²) in [5, 5.41) is 2.38. The molecular formula is C14H12N2O3S2. The number of rotatable bonds is 5. The lowest BCUT2D eigenvalue weighted by Crippen LogP contribution is -2.23. The lowest BCUT2D eigenvalue weighted by Gasteiger charge is -2.10. The third-order valence-corrected chi connectivity index (χ3v) is 4.84. The largest absolute Gasteiger partial charge is 0.467 e. The van der Waals surface area contributed by atoms with Gasteiger partial charge in [0.2, 0.25) is 0 Å². The van der Waals surface area contributed by atoms with E-state index in [1.165, 1.54) is 30.0 Å². The number of aromatic nitrogens is 2. The minimum absolute atomic E-state index is 0.0456. The average molecular weight is 320 g/mol. The molecule has 0 amide bonds. The second kappa shape index (κ2) is 5.87. The van der Waals surface area contributed by atoms with E-state index in [1.807, 2.05) is 17.5 Å². The number of fused-ring (bicyclic) bond motifs is 1. The summed E-state index contributed by atoms with van der Waals surface area (Å²) in [6, 6.07) is 5.40. The molecule has 0 radical (unpaired) electrons. The molecule has 3 heterocycles. The highest BCUT2D eigenvalue weighted by Crippen LogP contribution is 2.21. The first-order valence-electron chi connectivity index (χ1n) is 6.28. The molecule has 0 spiro atoms. The van der Waals surface area contributed by atoms with Crippen LogP contribution in [0.15, 0.2) is 44.2 Å². The Balaban J connectivity index is 2.08. The summed E-state index contributed by atoms with van der Waals surface area (Å²) in [7, 11) is 0. The van der Waals surface area contributed by atoms with Gasteiger partial charge in [0, 0.05) is 0 Å². The standard InChI is InChI=1S/C14H12N2O3S2/c1-9(17)8-21-14-15-11-4-6-20-12(11)13(18)16(14)7-10-3-2-5-19-10/h2-6H,7-8H2,1H3. The molecule has 0 unspecified atom stereocenters. The topological polar surface area (TPSA) is 65.1 Å². The van der Waals surface area contributed by atoms with Crippen molar-refractivity contribution in [2.24, 2.45) is 0 Å². The Morgan fingerprint density at radius 1 is 1.48 bits per heavy atom. The van der Waals surface area contributed by atoms with Crippen molar-refractivity contribution in [2.75, 3.05) is 5.75 Å². The first-order valence-corrected chi connectivity index (χ1v) is 8.14.